The smallest absolute Gasteiger partial charge is 0.191 e. The number of hydrogen-bond acceptors (Lipinski definition) is 2. The van der Waals surface area contributed by atoms with Crippen LogP contribution in [0.3, 0.4) is 0 Å². The molecule has 4 nitrogen and oxygen atoms in total. The zero-order chi connectivity index (χ0) is 13.5. The summed E-state index contributed by atoms with van der Waals surface area (Å²) in [5.41, 5.74) is 0. The SMILES string of the molecule is CCNC(=NCCC1CC2CCC1C2)NCCOC.I. The van der Waals surface area contributed by atoms with E-state index in [0.29, 0.717) is 0 Å². The lowest BCUT2D eigenvalue weighted by molar-refractivity contribution is 0.203. The highest BCUT2D eigenvalue weighted by atomic mass is 127. The number of guanidine groups is 1. The number of methoxy groups -OCH3 is 1. The van der Waals surface area contributed by atoms with Crippen molar-refractivity contribution in [3.8, 4) is 0 Å². The summed E-state index contributed by atoms with van der Waals surface area (Å²) >= 11 is 0. The Hall–Kier alpha value is -0.0400. The molecule has 3 unspecified atom stereocenters. The first-order valence-corrected chi connectivity index (χ1v) is 7.84. The van der Waals surface area contributed by atoms with E-state index in [0.717, 1.165) is 50.0 Å². The van der Waals surface area contributed by atoms with Crippen LogP contribution in [0.2, 0.25) is 0 Å². The van der Waals surface area contributed by atoms with Gasteiger partial charge in [-0.1, -0.05) is 6.42 Å². The molecule has 0 spiro atoms. The first kappa shape index (κ1) is 18.0. The third kappa shape index (κ3) is 5.39. The fourth-order valence-electron chi connectivity index (χ4n) is 3.69. The molecule has 0 radical (unpaired) electrons. The largest absolute Gasteiger partial charge is 0.383 e. The summed E-state index contributed by atoms with van der Waals surface area (Å²) < 4.78 is 5.04. The number of nitrogens with zero attached hydrogens (tertiary/aromatic N) is 1. The monoisotopic (exact) mass is 395 g/mol. The minimum Gasteiger partial charge on any atom is -0.383 e. The standard InChI is InChI=1S/C15H29N3O.HI/c1-3-16-15(18-8-9-19-2)17-7-6-14-11-12-4-5-13(14)10-12;/h12-14H,3-11H2,1-2H3,(H2,16,17,18);1H. The van der Waals surface area contributed by atoms with E-state index < -0.39 is 0 Å². The lowest BCUT2D eigenvalue weighted by Crippen LogP contribution is -2.39. The highest BCUT2D eigenvalue weighted by Crippen LogP contribution is 2.49. The normalized spacial score (nSPS) is 28.3. The molecule has 2 fully saturated rings. The van der Waals surface area contributed by atoms with Crippen molar-refractivity contribution in [2.24, 2.45) is 22.7 Å². The minimum atomic E-state index is 0. The van der Waals surface area contributed by atoms with Crippen molar-refractivity contribution in [1.29, 1.82) is 0 Å². The van der Waals surface area contributed by atoms with E-state index in [1.165, 1.54) is 32.1 Å². The van der Waals surface area contributed by atoms with Gasteiger partial charge in [-0.15, -0.1) is 24.0 Å². The maximum absolute atomic E-state index is 5.04. The summed E-state index contributed by atoms with van der Waals surface area (Å²) in [6.45, 7) is 5.50. The molecule has 3 atom stereocenters. The van der Waals surface area contributed by atoms with Crippen molar-refractivity contribution in [2.75, 3.05) is 33.4 Å². The molecular weight excluding hydrogens is 365 g/mol. The topological polar surface area (TPSA) is 45.7 Å². The van der Waals surface area contributed by atoms with Gasteiger partial charge in [0.1, 0.15) is 0 Å². The van der Waals surface area contributed by atoms with Crippen molar-refractivity contribution >= 4 is 29.9 Å². The number of ether oxygens (including phenoxy) is 1. The second-order valence-electron chi connectivity index (χ2n) is 5.90. The van der Waals surface area contributed by atoms with Crippen LogP contribution in [-0.4, -0.2) is 39.3 Å². The zero-order valence-electron chi connectivity index (χ0n) is 12.9. The van der Waals surface area contributed by atoms with E-state index in [9.17, 15) is 0 Å². The molecule has 20 heavy (non-hydrogen) atoms. The highest BCUT2D eigenvalue weighted by molar-refractivity contribution is 14.0. The Bertz CT molecular complexity index is 299. The van der Waals surface area contributed by atoms with E-state index >= 15 is 0 Å². The van der Waals surface area contributed by atoms with Crippen LogP contribution in [0.25, 0.3) is 0 Å². The Morgan fingerprint density at radius 1 is 1.25 bits per heavy atom. The quantitative estimate of drug-likeness (QED) is 0.302. The van der Waals surface area contributed by atoms with Gasteiger partial charge < -0.3 is 15.4 Å². The van der Waals surface area contributed by atoms with Crippen molar-refractivity contribution in [1.82, 2.24) is 10.6 Å². The molecule has 2 aliphatic carbocycles. The summed E-state index contributed by atoms with van der Waals surface area (Å²) in [7, 11) is 1.72. The Kier molecular flexibility index (Phi) is 8.84. The predicted octanol–water partition coefficient (Wildman–Crippen LogP) is 2.63. The first-order valence-electron chi connectivity index (χ1n) is 7.84. The highest BCUT2D eigenvalue weighted by Gasteiger charge is 2.38. The second kappa shape index (κ2) is 9.82. The van der Waals surface area contributed by atoms with Gasteiger partial charge in [-0.05, 0) is 50.4 Å². The molecule has 2 rings (SSSR count). The number of halogens is 1. The molecule has 0 aliphatic heterocycles. The van der Waals surface area contributed by atoms with Gasteiger partial charge in [0.2, 0.25) is 0 Å². The van der Waals surface area contributed by atoms with Gasteiger partial charge in [-0.2, -0.15) is 0 Å². The summed E-state index contributed by atoms with van der Waals surface area (Å²) in [4.78, 5) is 4.67. The van der Waals surface area contributed by atoms with E-state index in [1.54, 1.807) is 7.11 Å². The molecule has 118 valence electrons. The molecule has 5 heteroatoms. The first-order chi connectivity index (χ1) is 9.33. The van der Waals surface area contributed by atoms with Gasteiger partial charge >= 0.3 is 0 Å². The number of aliphatic imine (C=N–C) groups is 1. The van der Waals surface area contributed by atoms with Crippen LogP contribution < -0.4 is 10.6 Å². The van der Waals surface area contributed by atoms with Gasteiger partial charge in [-0.25, -0.2) is 0 Å². The third-order valence-electron chi connectivity index (χ3n) is 4.60. The van der Waals surface area contributed by atoms with Crippen LogP contribution in [0.5, 0.6) is 0 Å². The van der Waals surface area contributed by atoms with Crippen molar-refractivity contribution < 1.29 is 4.74 Å². The van der Waals surface area contributed by atoms with Gasteiger partial charge in [0.05, 0.1) is 6.61 Å². The van der Waals surface area contributed by atoms with Gasteiger partial charge in [0, 0.05) is 26.7 Å². The molecule has 2 bridgehead atoms. The number of fused-ring (bicyclic) bond motifs is 2. The Morgan fingerprint density at radius 3 is 2.70 bits per heavy atom. The van der Waals surface area contributed by atoms with Crippen LogP contribution in [0.4, 0.5) is 0 Å². The third-order valence-corrected chi connectivity index (χ3v) is 4.60. The molecule has 0 aromatic rings. The average molecular weight is 395 g/mol. The summed E-state index contributed by atoms with van der Waals surface area (Å²) in [6.07, 6.45) is 7.20. The average Bonchev–Trinajstić information content (AvgIpc) is 3.01. The van der Waals surface area contributed by atoms with Crippen LogP contribution >= 0.6 is 24.0 Å². The molecule has 2 N–H and O–H groups in total. The van der Waals surface area contributed by atoms with Crippen molar-refractivity contribution in [2.45, 2.75) is 39.0 Å². The fourth-order valence-corrected chi connectivity index (χ4v) is 3.69. The summed E-state index contributed by atoms with van der Waals surface area (Å²) in [6, 6.07) is 0. The molecule has 0 aromatic carbocycles. The van der Waals surface area contributed by atoms with Crippen LogP contribution in [-0.2, 0) is 4.74 Å². The molecule has 2 saturated carbocycles. The lowest BCUT2D eigenvalue weighted by Gasteiger charge is -2.20. The van der Waals surface area contributed by atoms with Gasteiger partial charge in [-0.3, -0.25) is 4.99 Å². The molecule has 0 aromatic heterocycles. The van der Waals surface area contributed by atoms with Crippen molar-refractivity contribution in [3.05, 3.63) is 0 Å². The van der Waals surface area contributed by atoms with Crippen LogP contribution in [0.1, 0.15) is 39.0 Å². The minimum absolute atomic E-state index is 0. The molecule has 0 saturated heterocycles. The van der Waals surface area contributed by atoms with E-state index in [2.05, 4.69) is 22.5 Å². The summed E-state index contributed by atoms with van der Waals surface area (Å²) in [5, 5.41) is 6.58. The maximum Gasteiger partial charge on any atom is 0.191 e. The van der Waals surface area contributed by atoms with E-state index in [4.69, 9.17) is 4.74 Å². The van der Waals surface area contributed by atoms with E-state index in [-0.39, 0.29) is 24.0 Å². The number of hydrogen-bond donors (Lipinski definition) is 2. The van der Waals surface area contributed by atoms with Gasteiger partial charge in [0.25, 0.3) is 0 Å². The number of rotatable bonds is 7. The molecular formula is C15H30IN3O. The van der Waals surface area contributed by atoms with Crippen molar-refractivity contribution in [3.63, 3.8) is 0 Å². The maximum atomic E-state index is 5.04. The van der Waals surface area contributed by atoms with Crippen LogP contribution in [0, 0.1) is 17.8 Å². The Morgan fingerprint density at radius 2 is 2.10 bits per heavy atom. The predicted molar refractivity (Wildman–Crippen MR) is 94.8 cm³/mol. The lowest BCUT2D eigenvalue weighted by atomic mass is 9.86. The molecule has 0 amide bonds. The molecule has 0 heterocycles. The second-order valence-corrected chi connectivity index (χ2v) is 5.90. The Labute approximate surface area is 140 Å². The fraction of sp³-hybridized carbons (Fsp3) is 0.933. The van der Waals surface area contributed by atoms with Gasteiger partial charge in [0.15, 0.2) is 5.96 Å². The van der Waals surface area contributed by atoms with Crippen LogP contribution in [0.15, 0.2) is 4.99 Å². The van der Waals surface area contributed by atoms with E-state index in [1.807, 2.05) is 0 Å². The number of nitrogens with one attached hydrogen (secondary N) is 2. The molecule has 2 aliphatic rings. The Balaban J connectivity index is 0.00000200. The summed E-state index contributed by atoms with van der Waals surface area (Å²) in [5.74, 6) is 3.95. The zero-order valence-corrected chi connectivity index (χ0v) is 15.2.